The van der Waals surface area contributed by atoms with E-state index in [4.69, 9.17) is 4.74 Å². The van der Waals surface area contributed by atoms with Gasteiger partial charge in [-0.25, -0.2) is 0 Å². The lowest BCUT2D eigenvalue weighted by molar-refractivity contribution is -0.136. The molecule has 0 bridgehead atoms. The maximum absolute atomic E-state index is 11.8. The molecule has 1 rings (SSSR count). The van der Waals surface area contributed by atoms with Gasteiger partial charge in [0.1, 0.15) is 5.75 Å². The Morgan fingerprint density at radius 3 is 1.88 bits per heavy atom. The molecule has 0 heterocycles. The number of unbranched alkanes of at least 4 members (excludes halogenated alkanes) is 9. The van der Waals surface area contributed by atoms with Gasteiger partial charge in [0.05, 0.1) is 7.11 Å². The van der Waals surface area contributed by atoms with Crippen LogP contribution >= 0.6 is 0 Å². The lowest BCUT2D eigenvalue weighted by atomic mass is 10.1. The molecule has 0 aliphatic heterocycles. The summed E-state index contributed by atoms with van der Waals surface area (Å²) in [6.45, 7) is 2.78. The number of anilines is 1. The van der Waals surface area contributed by atoms with E-state index in [9.17, 15) is 9.59 Å². The minimum absolute atomic E-state index is 0.547. The predicted molar refractivity (Wildman–Crippen MR) is 106 cm³/mol. The number of ether oxygens (including phenoxy) is 1. The number of hydrogen-bond donors (Lipinski definition) is 2. The second kappa shape index (κ2) is 14.2. The summed E-state index contributed by atoms with van der Waals surface area (Å²) in [7, 11) is 1.58. The molecule has 0 aliphatic carbocycles. The highest BCUT2D eigenvalue weighted by molar-refractivity contribution is 6.39. The van der Waals surface area contributed by atoms with Crippen LogP contribution in [0, 0.1) is 0 Å². The van der Waals surface area contributed by atoms with Gasteiger partial charge in [-0.1, -0.05) is 64.7 Å². The smallest absolute Gasteiger partial charge is 0.313 e. The van der Waals surface area contributed by atoms with Crippen molar-refractivity contribution in [3.63, 3.8) is 0 Å². The van der Waals surface area contributed by atoms with Crippen molar-refractivity contribution in [3.05, 3.63) is 24.3 Å². The van der Waals surface area contributed by atoms with Crippen LogP contribution in [0.2, 0.25) is 0 Å². The summed E-state index contributed by atoms with van der Waals surface area (Å²) in [5.74, 6) is -0.521. The third-order valence-electron chi connectivity index (χ3n) is 4.37. The Kier molecular flexibility index (Phi) is 12.0. The Bertz CT molecular complexity index is 514. The first-order valence-electron chi connectivity index (χ1n) is 9.90. The Labute approximate surface area is 157 Å². The Balaban J connectivity index is 2.02. The summed E-state index contributed by atoms with van der Waals surface area (Å²) in [6.07, 6.45) is 12.5. The molecule has 1 aromatic carbocycles. The molecule has 0 radical (unpaired) electrons. The average molecular weight is 363 g/mol. The van der Waals surface area contributed by atoms with Crippen LogP contribution in [-0.2, 0) is 9.59 Å². The van der Waals surface area contributed by atoms with Crippen LogP contribution in [0.3, 0.4) is 0 Å². The van der Waals surface area contributed by atoms with E-state index in [1.54, 1.807) is 31.4 Å². The number of methoxy groups -OCH3 is 1. The van der Waals surface area contributed by atoms with Crippen molar-refractivity contribution in [3.8, 4) is 5.75 Å². The number of benzene rings is 1. The van der Waals surface area contributed by atoms with Gasteiger partial charge in [-0.2, -0.15) is 0 Å². The third kappa shape index (κ3) is 10.1. The van der Waals surface area contributed by atoms with E-state index in [0.717, 1.165) is 12.8 Å². The van der Waals surface area contributed by atoms with Crippen molar-refractivity contribution >= 4 is 17.5 Å². The van der Waals surface area contributed by atoms with Gasteiger partial charge in [0.25, 0.3) is 0 Å². The fraction of sp³-hybridized carbons (Fsp3) is 0.619. The molecule has 0 saturated carbocycles. The number of hydrogen-bond acceptors (Lipinski definition) is 3. The molecule has 2 N–H and O–H groups in total. The van der Waals surface area contributed by atoms with Crippen molar-refractivity contribution < 1.29 is 14.3 Å². The molecule has 0 unspecified atom stereocenters. The molecule has 5 heteroatoms. The van der Waals surface area contributed by atoms with Crippen molar-refractivity contribution in [2.24, 2.45) is 0 Å². The van der Waals surface area contributed by atoms with Crippen LogP contribution in [0.25, 0.3) is 0 Å². The molecule has 26 heavy (non-hydrogen) atoms. The Morgan fingerprint density at radius 1 is 0.808 bits per heavy atom. The number of nitrogens with one attached hydrogen (secondary N) is 2. The first kappa shape index (κ1) is 22.0. The Morgan fingerprint density at radius 2 is 1.35 bits per heavy atom. The molecule has 0 fully saturated rings. The van der Waals surface area contributed by atoms with Crippen LogP contribution in [0.1, 0.15) is 71.1 Å². The summed E-state index contributed by atoms with van der Waals surface area (Å²) in [4.78, 5) is 23.6. The molecule has 0 aliphatic rings. The summed E-state index contributed by atoms with van der Waals surface area (Å²) < 4.78 is 5.05. The maximum atomic E-state index is 11.8. The number of carbonyl (C=O) groups excluding carboxylic acids is 2. The summed E-state index contributed by atoms with van der Waals surface area (Å²) in [5, 5.41) is 5.25. The highest BCUT2D eigenvalue weighted by atomic mass is 16.5. The molecular formula is C21H34N2O3. The van der Waals surface area contributed by atoms with Crippen molar-refractivity contribution in [1.82, 2.24) is 5.32 Å². The molecule has 0 spiro atoms. The summed E-state index contributed by atoms with van der Waals surface area (Å²) >= 11 is 0. The van der Waals surface area contributed by atoms with Gasteiger partial charge < -0.3 is 15.4 Å². The van der Waals surface area contributed by atoms with E-state index < -0.39 is 11.8 Å². The summed E-state index contributed by atoms with van der Waals surface area (Å²) in [6, 6.07) is 6.87. The van der Waals surface area contributed by atoms with Gasteiger partial charge in [0.15, 0.2) is 0 Å². The topological polar surface area (TPSA) is 67.4 Å². The lowest BCUT2D eigenvalue weighted by Gasteiger charge is -2.07. The molecular weight excluding hydrogens is 328 g/mol. The minimum Gasteiger partial charge on any atom is -0.497 e. The van der Waals surface area contributed by atoms with E-state index >= 15 is 0 Å². The normalized spacial score (nSPS) is 10.4. The fourth-order valence-corrected chi connectivity index (χ4v) is 2.76. The SMILES string of the molecule is CCCCCCCCCCCCNC(=O)C(=O)Nc1ccc(OC)cc1. The first-order chi connectivity index (χ1) is 12.7. The van der Waals surface area contributed by atoms with Gasteiger partial charge in [-0.05, 0) is 30.7 Å². The van der Waals surface area contributed by atoms with Crippen molar-refractivity contribution in [2.45, 2.75) is 71.1 Å². The van der Waals surface area contributed by atoms with Gasteiger partial charge in [-0.3, -0.25) is 9.59 Å². The second-order valence-electron chi connectivity index (χ2n) is 6.62. The zero-order chi connectivity index (χ0) is 19.0. The van der Waals surface area contributed by atoms with Gasteiger partial charge in [0, 0.05) is 12.2 Å². The molecule has 5 nitrogen and oxygen atoms in total. The van der Waals surface area contributed by atoms with Gasteiger partial charge in [-0.15, -0.1) is 0 Å². The zero-order valence-electron chi connectivity index (χ0n) is 16.3. The number of carbonyl (C=O) groups is 2. The van der Waals surface area contributed by atoms with Crippen LogP contribution in [0.15, 0.2) is 24.3 Å². The third-order valence-corrected chi connectivity index (χ3v) is 4.37. The zero-order valence-corrected chi connectivity index (χ0v) is 16.3. The molecule has 0 atom stereocenters. The van der Waals surface area contributed by atoms with Crippen molar-refractivity contribution in [2.75, 3.05) is 19.0 Å². The quantitative estimate of drug-likeness (QED) is 0.396. The van der Waals surface area contributed by atoms with E-state index in [1.165, 1.54) is 51.4 Å². The maximum Gasteiger partial charge on any atom is 0.313 e. The summed E-state index contributed by atoms with van der Waals surface area (Å²) in [5.41, 5.74) is 0.574. The van der Waals surface area contributed by atoms with Crippen LogP contribution in [0.4, 0.5) is 5.69 Å². The van der Waals surface area contributed by atoms with Crippen molar-refractivity contribution in [1.29, 1.82) is 0 Å². The number of rotatable bonds is 13. The van der Waals surface area contributed by atoms with Gasteiger partial charge >= 0.3 is 11.8 Å². The molecule has 0 saturated heterocycles. The molecule has 0 aromatic heterocycles. The minimum atomic E-state index is -0.637. The van der Waals surface area contributed by atoms with E-state index in [2.05, 4.69) is 17.6 Å². The standard InChI is InChI=1S/C21H34N2O3/c1-3-4-5-6-7-8-9-10-11-12-17-22-20(24)21(25)23-18-13-15-19(26-2)16-14-18/h13-16H,3-12,17H2,1-2H3,(H,22,24)(H,23,25). The van der Waals surface area contributed by atoms with Crippen LogP contribution in [0.5, 0.6) is 5.75 Å². The van der Waals surface area contributed by atoms with E-state index in [-0.39, 0.29) is 0 Å². The average Bonchev–Trinajstić information content (AvgIpc) is 2.66. The van der Waals surface area contributed by atoms with Crippen LogP contribution in [-0.4, -0.2) is 25.5 Å². The van der Waals surface area contributed by atoms with Gasteiger partial charge in [0.2, 0.25) is 0 Å². The fourth-order valence-electron chi connectivity index (χ4n) is 2.76. The molecule has 1 aromatic rings. The largest absolute Gasteiger partial charge is 0.497 e. The second-order valence-corrected chi connectivity index (χ2v) is 6.62. The predicted octanol–water partition coefficient (Wildman–Crippen LogP) is 4.67. The Hall–Kier alpha value is -2.04. The number of amides is 2. The highest BCUT2D eigenvalue weighted by Gasteiger charge is 2.12. The lowest BCUT2D eigenvalue weighted by Crippen LogP contribution is -2.35. The monoisotopic (exact) mass is 362 g/mol. The molecule has 146 valence electrons. The van der Waals surface area contributed by atoms with E-state index in [0.29, 0.717) is 18.0 Å². The van der Waals surface area contributed by atoms with Crippen LogP contribution < -0.4 is 15.4 Å². The van der Waals surface area contributed by atoms with E-state index in [1.807, 2.05) is 0 Å². The first-order valence-corrected chi connectivity index (χ1v) is 9.90. The molecule has 2 amide bonds. The highest BCUT2D eigenvalue weighted by Crippen LogP contribution is 2.14.